The Balaban J connectivity index is 0. The summed E-state index contributed by atoms with van der Waals surface area (Å²) in [4.78, 5) is 0. The Morgan fingerprint density at radius 1 is 0.211 bits per heavy atom. The summed E-state index contributed by atoms with van der Waals surface area (Å²) in [6.07, 6.45) is 0. The molecule has 0 saturated carbocycles. The van der Waals surface area contributed by atoms with Gasteiger partial charge in [-0.25, -0.2) is 0 Å². The van der Waals surface area contributed by atoms with Gasteiger partial charge in [-0.3, -0.25) is 0 Å². The molecular formula is H46N14O2Ru3+14. The third kappa shape index (κ3) is 3770. The normalized spacial score (nSPS) is 0. The topological polar surface area (TPSA) is 553 Å². The Hall–Kier alpha value is 1.23. The fraction of sp³-hybridized carbons (Fsp3) is 0. The van der Waals surface area contributed by atoms with Crippen LogP contribution in [-0.4, -0.2) is 11.0 Å². The summed E-state index contributed by atoms with van der Waals surface area (Å²) in [6.45, 7) is 0. The van der Waals surface area contributed by atoms with Gasteiger partial charge in [-0.05, 0) is 0 Å². The average Bonchev–Trinajstić information content (AvgIpc) is 0. The average molecular weight is 578 g/mol. The van der Waals surface area contributed by atoms with Crippen LogP contribution in [-0.2, 0) is 58.4 Å². The van der Waals surface area contributed by atoms with Gasteiger partial charge in [0.2, 0.25) is 0 Å². The monoisotopic (exact) mass is 580 g/mol. The zero-order valence-corrected chi connectivity index (χ0v) is 17.2. The molecule has 0 atom stereocenters. The van der Waals surface area contributed by atoms with Crippen LogP contribution >= 0.6 is 0 Å². The van der Waals surface area contributed by atoms with Crippen molar-refractivity contribution >= 4 is 0 Å². The zero-order valence-electron chi connectivity index (χ0n) is 12.0. The number of hydrogen-bond donors (Lipinski definition) is 14. The van der Waals surface area contributed by atoms with E-state index in [0.29, 0.717) is 0 Å². The largest absolute Gasteiger partial charge is 5.00 e. The Bertz CT molecular complexity index is 20.7. The molecule has 19 heavy (non-hydrogen) atoms. The number of hydrogen-bond acceptors (Lipinski definition) is 14. The molecule has 0 aliphatic rings. The maximum absolute atomic E-state index is 0. The van der Waals surface area contributed by atoms with Gasteiger partial charge in [0.1, 0.15) is 0 Å². The van der Waals surface area contributed by atoms with Gasteiger partial charge in [-0.1, -0.05) is 0 Å². The van der Waals surface area contributed by atoms with E-state index in [9.17, 15) is 0 Å². The van der Waals surface area contributed by atoms with Crippen LogP contribution in [0.4, 0.5) is 0 Å². The summed E-state index contributed by atoms with van der Waals surface area (Å²) in [5.74, 6) is 0. The first-order valence-electron chi connectivity index (χ1n) is 0. The molecule has 0 fully saturated rings. The molecule has 0 aromatic heterocycles. The Labute approximate surface area is 155 Å². The molecular weight excluding hydrogens is 531 g/mol. The summed E-state index contributed by atoms with van der Waals surface area (Å²) >= 11 is 0. The second-order valence-corrected chi connectivity index (χ2v) is 0. The molecule has 0 aliphatic heterocycles. The smallest absolute Gasteiger partial charge is 0.412 e. The van der Waals surface area contributed by atoms with Crippen molar-refractivity contribution in [1.82, 2.24) is 86.1 Å². The second kappa shape index (κ2) is 4220. The van der Waals surface area contributed by atoms with Crippen molar-refractivity contribution in [3.63, 3.8) is 0 Å². The van der Waals surface area contributed by atoms with E-state index in [4.69, 9.17) is 0 Å². The van der Waals surface area contributed by atoms with Gasteiger partial charge in [-0.15, -0.1) is 0 Å². The van der Waals surface area contributed by atoms with E-state index in [1.807, 2.05) is 0 Å². The maximum atomic E-state index is 0. The van der Waals surface area contributed by atoms with E-state index in [1.165, 1.54) is 0 Å². The minimum Gasteiger partial charge on any atom is -0.412 e. The van der Waals surface area contributed by atoms with E-state index in [-0.39, 0.29) is 155 Å². The fourth-order valence-corrected chi connectivity index (χ4v) is 0. The van der Waals surface area contributed by atoms with Crippen molar-refractivity contribution in [2.24, 2.45) is 0 Å². The minimum atomic E-state index is 0. The molecule has 0 saturated heterocycles. The predicted octanol–water partition coefficient (Wildman–Crippen LogP) is 0.611. The van der Waals surface area contributed by atoms with Crippen LogP contribution in [0, 0.1) is 0 Å². The summed E-state index contributed by atoms with van der Waals surface area (Å²) in [5, 5.41) is 0. The molecule has 0 bridgehead atoms. The van der Waals surface area contributed by atoms with Crippen LogP contribution in [0.5, 0.6) is 0 Å². The van der Waals surface area contributed by atoms with Gasteiger partial charge in [0, 0.05) is 0 Å². The molecule has 2 radical (unpaired) electrons. The standard InChI is InChI=1S/14H3N.2H2O.3Ru/h14*1H3;2*1H2;;;/q;;;;;;;;;;;;;;;;+4;2*+5. The van der Waals surface area contributed by atoms with Gasteiger partial charge in [0.15, 0.2) is 0 Å². The summed E-state index contributed by atoms with van der Waals surface area (Å²) in [6, 6.07) is 0. The van der Waals surface area contributed by atoms with Gasteiger partial charge < -0.3 is 97.1 Å². The zero-order chi connectivity index (χ0) is 0. The summed E-state index contributed by atoms with van der Waals surface area (Å²) in [7, 11) is 0. The van der Waals surface area contributed by atoms with Crippen molar-refractivity contribution in [3.05, 3.63) is 0 Å². The Morgan fingerprint density at radius 3 is 0.211 bits per heavy atom. The van der Waals surface area contributed by atoms with Gasteiger partial charge in [-0.2, -0.15) is 0 Å². The van der Waals surface area contributed by atoms with E-state index in [0.717, 1.165) is 0 Å². The summed E-state index contributed by atoms with van der Waals surface area (Å²) < 4.78 is 0. The van der Waals surface area contributed by atoms with Crippen LogP contribution < -0.4 is 86.1 Å². The van der Waals surface area contributed by atoms with Crippen LogP contribution in [0.1, 0.15) is 0 Å². The van der Waals surface area contributed by atoms with Gasteiger partial charge >= 0.3 is 58.4 Å². The molecule has 0 amide bonds. The molecule has 0 unspecified atom stereocenters. The van der Waals surface area contributed by atoms with Gasteiger partial charge in [0.25, 0.3) is 0 Å². The fourth-order valence-electron chi connectivity index (χ4n) is 0. The second-order valence-electron chi connectivity index (χ2n) is 0. The summed E-state index contributed by atoms with van der Waals surface area (Å²) in [5.41, 5.74) is 0. The predicted molar refractivity (Wildman–Crippen MR) is 77.5 cm³/mol. The van der Waals surface area contributed by atoms with E-state index in [2.05, 4.69) is 0 Å². The number of rotatable bonds is 0. The van der Waals surface area contributed by atoms with E-state index >= 15 is 0 Å². The molecule has 0 aromatic rings. The van der Waals surface area contributed by atoms with Crippen LogP contribution in [0.3, 0.4) is 0 Å². The Morgan fingerprint density at radius 2 is 0.211 bits per heavy atom. The molecule has 19 heteroatoms. The molecule has 0 rings (SSSR count). The van der Waals surface area contributed by atoms with Crippen LogP contribution in [0.15, 0.2) is 0 Å². The quantitative estimate of drug-likeness (QED) is 0.175. The first-order valence-corrected chi connectivity index (χ1v) is 0. The molecule has 138 valence electrons. The third-order valence-electron chi connectivity index (χ3n) is 0. The SMILES string of the molecule is N.N.N.N.N.N.N.N.N.N.N.N.N.N.O.O.[Ru+4].[Ru+5].[Ru+5]. The molecule has 0 heterocycles. The van der Waals surface area contributed by atoms with Gasteiger partial charge in [0.05, 0.1) is 0 Å². The van der Waals surface area contributed by atoms with Crippen molar-refractivity contribution in [1.29, 1.82) is 0 Å². The van der Waals surface area contributed by atoms with E-state index in [1.54, 1.807) is 0 Å². The van der Waals surface area contributed by atoms with Crippen LogP contribution in [0.25, 0.3) is 0 Å². The maximum Gasteiger partial charge on any atom is 5.00 e. The molecule has 0 aromatic carbocycles. The van der Waals surface area contributed by atoms with Crippen LogP contribution in [0.2, 0.25) is 0 Å². The molecule has 46 N–H and O–H groups in total. The van der Waals surface area contributed by atoms with E-state index < -0.39 is 0 Å². The first-order chi connectivity index (χ1) is 0. The first kappa shape index (κ1) is 4940. The minimum absolute atomic E-state index is 0. The van der Waals surface area contributed by atoms with Crippen molar-refractivity contribution in [2.75, 3.05) is 0 Å². The third-order valence-corrected chi connectivity index (χ3v) is 0. The molecule has 0 aliphatic carbocycles. The molecule has 16 nitrogen and oxygen atoms in total. The molecule has 0 spiro atoms. The van der Waals surface area contributed by atoms with Crippen molar-refractivity contribution in [2.45, 2.75) is 0 Å². The Kier molecular flexibility index (Phi) is 1100000. The van der Waals surface area contributed by atoms with Crippen molar-refractivity contribution in [3.8, 4) is 0 Å². The van der Waals surface area contributed by atoms with Crippen molar-refractivity contribution < 1.29 is 69.4 Å².